The Morgan fingerprint density at radius 1 is 1.37 bits per heavy atom. The first-order valence-corrected chi connectivity index (χ1v) is 6.66. The highest BCUT2D eigenvalue weighted by Gasteiger charge is 2.25. The Morgan fingerprint density at radius 2 is 2.21 bits per heavy atom. The van der Waals surface area contributed by atoms with Crippen molar-refractivity contribution < 1.29 is 9.59 Å². The van der Waals surface area contributed by atoms with Crippen molar-refractivity contribution in [3.05, 3.63) is 24.3 Å². The first kappa shape index (κ1) is 12.2. The van der Waals surface area contributed by atoms with Crippen LogP contribution in [0.3, 0.4) is 0 Å². The third-order valence-electron chi connectivity index (χ3n) is 3.65. The van der Waals surface area contributed by atoms with Gasteiger partial charge in [-0.1, -0.05) is 6.07 Å². The number of carbonyl (C=O) groups is 2. The average molecular weight is 259 g/mol. The minimum Gasteiger partial charge on any atom is -0.326 e. The van der Waals surface area contributed by atoms with Gasteiger partial charge in [0, 0.05) is 37.4 Å². The van der Waals surface area contributed by atoms with Crippen LogP contribution < -0.4 is 15.5 Å². The monoisotopic (exact) mass is 259 g/mol. The largest absolute Gasteiger partial charge is 0.326 e. The van der Waals surface area contributed by atoms with Crippen LogP contribution in [0.15, 0.2) is 24.3 Å². The van der Waals surface area contributed by atoms with Gasteiger partial charge in [-0.25, -0.2) is 0 Å². The van der Waals surface area contributed by atoms with E-state index < -0.39 is 0 Å². The maximum Gasteiger partial charge on any atom is 0.230 e. The molecule has 2 N–H and O–H groups in total. The molecule has 3 rings (SSSR count). The number of nitrogens with zero attached hydrogens (tertiary/aromatic N) is 1. The number of rotatable bonds is 3. The normalized spacial score (nSPS) is 19.4. The topological polar surface area (TPSA) is 61.4 Å². The van der Waals surface area contributed by atoms with Crippen molar-refractivity contribution in [2.45, 2.75) is 12.8 Å². The van der Waals surface area contributed by atoms with Crippen molar-refractivity contribution in [1.29, 1.82) is 0 Å². The molecule has 5 nitrogen and oxygen atoms in total. The predicted octanol–water partition coefficient (Wildman–Crippen LogP) is 0.971. The van der Waals surface area contributed by atoms with E-state index in [2.05, 4.69) is 10.6 Å². The van der Waals surface area contributed by atoms with E-state index in [9.17, 15) is 9.59 Å². The van der Waals surface area contributed by atoms with Crippen molar-refractivity contribution in [3.8, 4) is 0 Å². The molecule has 2 saturated heterocycles. The fourth-order valence-corrected chi connectivity index (χ4v) is 2.39. The van der Waals surface area contributed by atoms with E-state index in [-0.39, 0.29) is 17.7 Å². The maximum absolute atomic E-state index is 11.9. The summed E-state index contributed by atoms with van der Waals surface area (Å²) in [5, 5.41) is 5.98. The molecule has 19 heavy (non-hydrogen) atoms. The minimum absolute atomic E-state index is 0.0450. The zero-order valence-electron chi connectivity index (χ0n) is 10.7. The van der Waals surface area contributed by atoms with Crippen LogP contribution in [-0.4, -0.2) is 31.4 Å². The van der Waals surface area contributed by atoms with Crippen molar-refractivity contribution in [2.24, 2.45) is 5.92 Å². The molecule has 1 aromatic carbocycles. The average Bonchev–Trinajstić information content (AvgIpc) is 2.73. The molecule has 0 spiro atoms. The Kier molecular flexibility index (Phi) is 3.21. The van der Waals surface area contributed by atoms with E-state index in [1.807, 2.05) is 24.3 Å². The zero-order valence-corrected chi connectivity index (χ0v) is 10.7. The first-order chi connectivity index (χ1) is 9.24. The van der Waals surface area contributed by atoms with Crippen LogP contribution in [0.5, 0.6) is 0 Å². The molecule has 0 aliphatic carbocycles. The summed E-state index contributed by atoms with van der Waals surface area (Å²) in [4.78, 5) is 25.3. The van der Waals surface area contributed by atoms with E-state index in [1.54, 1.807) is 4.90 Å². The summed E-state index contributed by atoms with van der Waals surface area (Å²) in [5.74, 6) is 0.271. The number of hydrogen-bond acceptors (Lipinski definition) is 3. The Balaban J connectivity index is 1.72. The molecule has 0 saturated carbocycles. The Morgan fingerprint density at radius 3 is 2.84 bits per heavy atom. The van der Waals surface area contributed by atoms with Crippen LogP contribution in [0, 0.1) is 5.92 Å². The molecule has 0 aromatic heterocycles. The number of anilines is 2. The van der Waals surface area contributed by atoms with Gasteiger partial charge < -0.3 is 15.5 Å². The van der Waals surface area contributed by atoms with Gasteiger partial charge in [0.25, 0.3) is 0 Å². The number of benzene rings is 1. The van der Waals surface area contributed by atoms with Gasteiger partial charge in [0.15, 0.2) is 0 Å². The molecule has 0 unspecified atom stereocenters. The molecule has 0 bridgehead atoms. The predicted molar refractivity (Wildman–Crippen MR) is 73.0 cm³/mol. The number of nitrogens with one attached hydrogen (secondary N) is 2. The second-order valence-electron chi connectivity index (χ2n) is 5.04. The summed E-state index contributed by atoms with van der Waals surface area (Å²) in [6.07, 6.45) is 1.52. The highest BCUT2D eigenvalue weighted by atomic mass is 16.2. The molecule has 0 radical (unpaired) electrons. The molecular weight excluding hydrogens is 242 g/mol. The van der Waals surface area contributed by atoms with E-state index in [1.165, 1.54) is 0 Å². The standard InChI is InChI=1S/C14H17N3O2/c18-13-5-2-6-17(13)12-4-1-3-11(7-12)16-14(19)10-8-15-9-10/h1,3-4,7,10,15H,2,5-6,8-9H2,(H,16,19). The minimum atomic E-state index is 0.0450. The molecule has 2 fully saturated rings. The lowest BCUT2D eigenvalue weighted by Crippen LogP contribution is -2.48. The number of amides is 2. The molecule has 2 aliphatic rings. The van der Waals surface area contributed by atoms with Gasteiger partial charge in [0.1, 0.15) is 0 Å². The lowest BCUT2D eigenvalue weighted by atomic mass is 10.0. The summed E-state index contributed by atoms with van der Waals surface area (Å²) in [6.45, 7) is 2.26. The van der Waals surface area contributed by atoms with Crippen molar-refractivity contribution >= 4 is 23.2 Å². The van der Waals surface area contributed by atoms with Crippen molar-refractivity contribution in [3.63, 3.8) is 0 Å². The molecule has 2 heterocycles. The van der Waals surface area contributed by atoms with Gasteiger partial charge in [-0.2, -0.15) is 0 Å². The molecular formula is C14H17N3O2. The Labute approximate surface area is 112 Å². The van der Waals surface area contributed by atoms with Crippen LogP contribution in [0.1, 0.15) is 12.8 Å². The fraction of sp³-hybridized carbons (Fsp3) is 0.429. The SMILES string of the molecule is O=C(Nc1cccc(N2CCCC2=O)c1)C1CNC1. The van der Waals surface area contributed by atoms with Crippen LogP contribution in [0.2, 0.25) is 0 Å². The summed E-state index contributed by atoms with van der Waals surface area (Å²) >= 11 is 0. The van der Waals surface area contributed by atoms with Gasteiger partial charge in [0.2, 0.25) is 11.8 Å². The summed E-state index contributed by atoms with van der Waals surface area (Å²) < 4.78 is 0. The van der Waals surface area contributed by atoms with Gasteiger partial charge in [-0.15, -0.1) is 0 Å². The molecule has 2 amide bonds. The highest BCUT2D eigenvalue weighted by Crippen LogP contribution is 2.24. The third-order valence-corrected chi connectivity index (χ3v) is 3.65. The molecule has 5 heteroatoms. The number of carbonyl (C=O) groups excluding carboxylic acids is 2. The maximum atomic E-state index is 11.9. The van der Waals surface area contributed by atoms with Crippen LogP contribution in [0.4, 0.5) is 11.4 Å². The van der Waals surface area contributed by atoms with Crippen molar-refractivity contribution in [1.82, 2.24) is 5.32 Å². The van der Waals surface area contributed by atoms with E-state index in [0.717, 1.165) is 37.4 Å². The van der Waals surface area contributed by atoms with Crippen LogP contribution in [-0.2, 0) is 9.59 Å². The Hall–Kier alpha value is -1.88. The smallest absolute Gasteiger partial charge is 0.230 e. The second kappa shape index (κ2) is 5.01. The fourth-order valence-electron chi connectivity index (χ4n) is 2.39. The quantitative estimate of drug-likeness (QED) is 0.850. The van der Waals surface area contributed by atoms with E-state index in [0.29, 0.717) is 6.42 Å². The van der Waals surface area contributed by atoms with Crippen LogP contribution >= 0.6 is 0 Å². The summed E-state index contributed by atoms with van der Waals surface area (Å²) in [7, 11) is 0. The molecule has 2 aliphatic heterocycles. The molecule has 0 atom stereocenters. The van der Waals surface area contributed by atoms with Gasteiger partial charge in [0.05, 0.1) is 5.92 Å². The van der Waals surface area contributed by atoms with Crippen LogP contribution in [0.25, 0.3) is 0 Å². The lowest BCUT2D eigenvalue weighted by Gasteiger charge is -2.26. The first-order valence-electron chi connectivity index (χ1n) is 6.66. The summed E-state index contributed by atoms with van der Waals surface area (Å²) in [5.41, 5.74) is 1.63. The van der Waals surface area contributed by atoms with Gasteiger partial charge >= 0.3 is 0 Å². The lowest BCUT2D eigenvalue weighted by molar-refractivity contribution is -0.121. The highest BCUT2D eigenvalue weighted by molar-refractivity contribution is 5.97. The zero-order chi connectivity index (χ0) is 13.2. The second-order valence-corrected chi connectivity index (χ2v) is 5.04. The van der Waals surface area contributed by atoms with Gasteiger partial charge in [-0.05, 0) is 24.6 Å². The van der Waals surface area contributed by atoms with E-state index >= 15 is 0 Å². The molecule has 100 valence electrons. The third kappa shape index (κ3) is 2.46. The number of hydrogen-bond donors (Lipinski definition) is 2. The Bertz CT molecular complexity index is 511. The molecule has 1 aromatic rings. The van der Waals surface area contributed by atoms with E-state index in [4.69, 9.17) is 0 Å². The summed E-state index contributed by atoms with van der Waals surface area (Å²) in [6, 6.07) is 7.50. The van der Waals surface area contributed by atoms with Gasteiger partial charge in [-0.3, -0.25) is 9.59 Å². The van der Waals surface area contributed by atoms with Crippen molar-refractivity contribution in [2.75, 3.05) is 29.9 Å².